The number of anilines is 1. The molecule has 2 unspecified atom stereocenters. The molecule has 0 aromatic heterocycles. The van der Waals surface area contributed by atoms with Gasteiger partial charge in [-0.2, -0.15) is 0 Å². The van der Waals surface area contributed by atoms with Crippen molar-refractivity contribution in [3.05, 3.63) is 29.6 Å². The molecule has 1 aromatic rings. The third-order valence-corrected chi connectivity index (χ3v) is 3.06. The summed E-state index contributed by atoms with van der Waals surface area (Å²) in [5.74, 6) is -1.56. The van der Waals surface area contributed by atoms with Crippen LogP contribution in [0, 0.1) is 11.7 Å². The van der Waals surface area contributed by atoms with Gasteiger partial charge >= 0.3 is 5.97 Å². The van der Waals surface area contributed by atoms with E-state index in [1.807, 2.05) is 6.07 Å². The number of fused-ring (bicyclic) bond motifs is 1. The molecule has 0 radical (unpaired) electrons. The molecule has 1 heterocycles. The van der Waals surface area contributed by atoms with E-state index in [2.05, 4.69) is 5.32 Å². The van der Waals surface area contributed by atoms with E-state index in [0.29, 0.717) is 18.5 Å². The SMILES string of the molecule is CC(CC1CNc2cccc(F)c21)C(=O)O. The lowest BCUT2D eigenvalue weighted by Crippen LogP contribution is -2.15. The van der Waals surface area contributed by atoms with E-state index in [9.17, 15) is 9.18 Å². The Bertz CT molecular complexity index is 419. The Morgan fingerprint density at radius 3 is 3.12 bits per heavy atom. The van der Waals surface area contributed by atoms with Crippen LogP contribution in [0.2, 0.25) is 0 Å². The maximum absolute atomic E-state index is 13.6. The largest absolute Gasteiger partial charge is 0.481 e. The second kappa shape index (κ2) is 4.12. The van der Waals surface area contributed by atoms with Crippen molar-refractivity contribution in [2.24, 2.45) is 5.92 Å². The Morgan fingerprint density at radius 1 is 1.69 bits per heavy atom. The summed E-state index contributed by atoms with van der Waals surface area (Å²) in [6.45, 7) is 2.27. The van der Waals surface area contributed by atoms with E-state index < -0.39 is 11.9 Å². The second-order valence-electron chi connectivity index (χ2n) is 4.25. The van der Waals surface area contributed by atoms with Crippen LogP contribution in [0.5, 0.6) is 0 Å². The lowest BCUT2D eigenvalue weighted by molar-refractivity contribution is -0.141. The van der Waals surface area contributed by atoms with Gasteiger partial charge in [-0.05, 0) is 18.6 Å². The van der Waals surface area contributed by atoms with Crippen LogP contribution >= 0.6 is 0 Å². The summed E-state index contributed by atoms with van der Waals surface area (Å²) < 4.78 is 13.6. The number of nitrogens with one attached hydrogen (secondary N) is 1. The zero-order valence-electron chi connectivity index (χ0n) is 9.03. The van der Waals surface area contributed by atoms with Crippen molar-refractivity contribution in [1.29, 1.82) is 0 Å². The van der Waals surface area contributed by atoms with Gasteiger partial charge in [0.1, 0.15) is 5.82 Å². The highest BCUT2D eigenvalue weighted by atomic mass is 19.1. The van der Waals surface area contributed by atoms with E-state index in [1.54, 1.807) is 13.0 Å². The summed E-state index contributed by atoms with van der Waals surface area (Å²) in [5.41, 5.74) is 1.43. The third-order valence-electron chi connectivity index (χ3n) is 3.06. The molecular formula is C12H14FNO2. The van der Waals surface area contributed by atoms with Gasteiger partial charge in [-0.15, -0.1) is 0 Å². The normalized spacial score (nSPS) is 20.0. The van der Waals surface area contributed by atoms with Gasteiger partial charge < -0.3 is 10.4 Å². The average Bonchev–Trinajstić information content (AvgIpc) is 2.63. The van der Waals surface area contributed by atoms with Crippen molar-refractivity contribution in [3.63, 3.8) is 0 Å². The Hall–Kier alpha value is -1.58. The minimum atomic E-state index is -0.829. The highest BCUT2D eigenvalue weighted by Gasteiger charge is 2.28. The van der Waals surface area contributed by atoms with Crippen LogP contribution in [0.25, 0.3) is 0 Å². The van der Waals surface area contributed by atoms with Crippen LogP contribution in [0.1, 0.15) is 24.8 Å². The van der Waals surface area contributed by atoms with Crippen LogP contribution in [0.15, 0.2) is 18.2 Å². The number of aliphatic carboxylic acids is 1. The summed E-state index contributed by atoms with van der Waals surface area (Å²) in [5, 5.41) is 11.9. The minimum Gasteiger partial charge on any atom is -0.481 e. The molecule has 0 aliphatic carbocycles. The van der Waals surface area contributed by atoms with Crippen molar-refractivity contribution < 1.29 is 14.3 Å². The predicted octanol–water partition coefficient (Wildman–Crippen LogP) is 2.45. The summed E-state index contributed by atoms with van der Waals surface area (Å²) >= 11 is 0. The van der Waals surface area contributed by atoms with Gasteiger partial charge in [0.05, 0.1) is 5.92 Å². The maximum Gasteiger partial charge on any atom is 0.306 e. The summed E-state index contributed by atoms with van der Waals surface area (Å²) in [6, 6.07) is 4.90. The first-order valence-corrected chi connectivity index (χ1v) is 5.34. The van der Waals surface area contributed by atoms with Crippen LogP contribution in [-0.4, -0.2) is 17.6 Å². The topological polar surface area (TPSA) is 49.3 Å². The first kappa shape index (κ1) is 10.9. The van der Waals surface area contributed by atoms with Crippen LogP contribution in [-0.2, 0) is 4.79 Å². The van der Waals surface area contributed by atoms with E-state index in [4.69, 9.17) is 5.11 Å². The first-order chi connectivity index (χ1) is 7.59. The molecule has 0 saturated carbocycles. The molecule has 2 rings (SSSR count). The van der Waals surface area contributed by atoms with E-state index >= 15 is 0 Å². The third kappa shape index (κ3) is 1.87. The molecule has 2 N–H and O–H groups in total. The fourth-order valence-electron chi connectivity index (χ4n) is 2.17. The fraction of sp³-hybridized carbons (Fsp3) is 0.417. The minimum absolute atomic E-state index is 0.0395. The van der Waals surface area contributed by atoms with Crippen LogP contribution < -0.4 is 5.32 Å². The fourth-order valence-corrected chi connectivity index (χ4v) is 2.17. The second-order valence-corrected chi connectivity index (χ2v) is 4.25. The Balaban J connectivity index is 2.20. The summed E-state index contributed by atoms with van der Waals surface area (Å²) in [7, 11) is 0. The lowest BCUT2D eigenvalue weighted by atomic mass is 9.91. The summed E-state index contributed by atoms with van der Waals surface area (Å²) in [4.78, 5) is 10.8. The van der Waals surface area contributed by atoms with Gasteiger partial charge in [-0.3, -0.25) is 4.79 Å². The smallest absolute Gasteiger partial charge is 0.306 e. The number of carbonyl (C=O) groups is 1. The predicted molar refractivity (Wildman–Crippen MR) is 59.0 cm³/mol. The molecular weight excluding hydrogens is 209 g/mol. The van der Waals surface area contributed by atoms with Crippen molar-refractivity contribution in [2.45, 2.75) is 19.3 Å². The number of carboxylic acids is 1. The van der Waals surface area contributed by atoms with Crippen molar-refractivity contribution in [3.8, 4) is 0 Å². The number of halogens is 1. The highest BCUT2D eigenvalue weighted by molar-refractivity contribution is 5.70. The lowest BCUT2D eigenvalue weighted by Gasteiger charge is -2.13. The van der Waals surface area contributed by atoms with Crippen molar-refractivity contribution in [1.82, 2.24) is 0 Å². The number of carboxylic acid groups (broad SMARTS) is 1. The number of benzene rings is 1. The number of hydrogen-bond donors (Lipinski definition) is 2. The van der Waals surface area contributed by atoms with Gasteiger partial charge in [0, 0.05) is 23.7 Å². The summed E-state index contributed by atoms with van der Waals surface area (Å²) in [6.07, 6.45) is 0.469. The zero-order chi connectivity index (χ0) is 11.7. The quantitative estimate of drug-likeness (QED) is 0.827. The average molecular weight is 223 g/mol. The maximum atomic E-state index is 13.6. The molecule has 1 aromatic carbocycles. The number of hydrogen-bond acceptors (Lipinski definition) is 2. The molecule has 0 amide bonds. The molecule has 16 heavy (non-hydrogen) atoms. The monoisotopic (exact) mass is 223 g/mol. The molecule has 0 spiro atoms. The van der Waals surface area contributed by atoms with E-state index in [0.717, 1.165) is 5.69 Å². The Morgan fingerprint density at radius 2 is 2.44 bits per heavy atom. The van der Waals surface area contributed by atoms with E-state index in [-0.39, 0.29) is 11.7 Å². The van der Waals surface area contributed by atoms with E-state index in [1.165, 1.54) is 6.07 Å². The first-order valence-electron chi connectivity index (χ1n) is 5.34. The molecule has 4 heteroatoms. The Labute approximate surface area is 93.3 Å². The standard InChI is InChI=1S/C12H14FNO2/c1-7(12(15)16)5-8-6-14-10-4-2-3-9(13)11(8)10/h2-4,7-8,14H,5-6H2,1H3,(H,15,16). The van der Waals surface area contributed by atoms with Gasteiger partial charge in [-0.1, -0.05) is 13.0 Å². The zero-order valence-corrected chi connectivity index (χ0v) is 9.03. The highest BCUT2D eigenvalue weighted by Crippen LogP contribution is 2.37. The molecule has 3 nitrogen and oxygen atoms in total. The van der Waals surface area contributed by atoms with Gasteiger partial charge in [0.15, 0.2) is 0 Å². The number of rotatable bonds is 3. The molecule has 1 aliphatic rings. The van der Waals surface area contributed by atoms with Gasteiger partial charge in [0.25, 0.3) is 0 Å². The molecule has 86 valence electrons. The van der Waals surface area contributed by atoms with Gasteiger partial charge in [-0.25, -0.2) is 4.39 Å². The molecule has 0 saturated heterocycles. The van der Waals surface area contributed by atoms with Crippen molar-refractivity contribution in [2.75, 3.05) is 11.9 Å². The van der Waals surface area contributed by atoms with Crippen LogP contribution in [0.4, 0.5) is 10.1 Å². The molecule has 1 aliphatic heterocycles. The molecule has 2 atom stereocenters. The van der Waals surface area contributed by atoms with Crippen LogP contribution in [0.3, 0.4) is 0 Å². The van der Waals surface area contributed by atoms with Crippen molar-refractivity contribution >= 4 is 11.7 Å². The molecule has 0 fully saturated rings. The Kier molecular flexibility index (Phi) is 2.81. The molecule has 0 bridgehead atoms. The van der Waals surface area contributed by atoms with Gasteiger partial charge in [0.2, 0.25) is 0 Å².